The Kier molecular flexibility index (Phi) is 7.74. The molecular weight excluding hydrogens is 264 g/mol. The first-order valence-electron chi connectivity index (χ1n) is 5.71. The normalized spacial score (nSPS) is 15.1. The van der Waals surface area contributed by atoms with Crippen molar-refractivity contribution in [3.63, 3.8) is 0 Å². The van der Waals surface area contributed by atoms with E-state index in [2.05, 4.69) is 10.6 Å². The van der Waals surface area contributed by atoms with Crippen LogP contribution < -0.4 is 10.6 Å². The van der Waals surface area contributed by atoms with Crippen molar-refractivity contribution in [3.05, 3.63) is 0 Å². The van der Waals surface area contributed by atoms with E-state index in [1.54, 1.807) is 6.92 Å². The summed E-state index contributed by atoms with van der Waals surface area (Å²) < 4.78 is 22.3. The Balaban J connectivity index is 0.00000256. The van der Waals surface area contributed by atoms with Crippen LogP contribution in [0.4, 0.5) is 0 Å². The molecule has 1 aliphatic carbocycles. The van der Waals surface area contributed by atoms with E-state index in [-0.39, 0.29) is 42.9 Å². The van der Waals surface area contributed by atoms with Gasteiger partial charge in [0.25, 0.3) is 0 Å². The van der Waals surface area contributed by atoms with E-state index in [1.807, 2.05) is 0 Å². The van der Waals surface area contributed by atoms with E-state index in [0.717, 1.165) is 12.5 Å². The van der Waals surface area contributed by atoms with Gasteiger partial charge in [0.15, 0.2) is 9.84 Å². The second-order valence-electron chi connectivity index (χ2n) is 4.16. The third kappa shape index (κ3) is 8.40. The zero-order chi connectivity index (χ0) is 12.0. The number of carbonyl (C=O) groups is 1. The Morgan fingerprint density at radius 3 is 2.53 bits per heavy atom. The fraction of sp³-hybridized carbons (Fsp3) is 0.900. The predicted octanol–water partition coefficient (Wildman–Crippen LogP) is -0.0413. The maximum absolute atomic E-state index is 11.3. The molecule has 1 aliphatic rings. The molecule has 5 nitrogen and oxygen atoms in total. The van der Waals surface area contributed by atoms with Gasteiger partial charge in [0, 0.05) is 12.3 Å². The van der Waals surface area contributed by atoms with Crippen LogP contribution in [0.15, 0.2) is 0 Å². The highest BCUT2D eigenvalue weighted by Gasteiger charge is 2.20. The Bertz CT molecular complexity index is 328. The van der Waals surface area contributed by atoms with Gasteiger partial charge in [-0.1, -0.05) is 6.92 Å². The molecule has 0 radical (unpaired) electrons. The second-order valence-corrected chi connectivity index (χ2v) is 6.63. The number of nitrogens with one attached hydrogen (secondary N) is 2. The average molecular weight is 285 g/mol. The summed E-state index contributed by atoms with van der Waals surface area (Å²) in [7, 11) is -2.97. The van der Waals surface area contributed by atoms with Gasteiger partial charge in [-0.2, -0.15) is 0 Å². The molecule has 0 atom stereocenters. The van der Waals surface area contributed by atoms with Crippen LogP contribution in [0.3, 0.4) is 0 Å². The van der Waals surface area contributed by atoms with Crippen LogP contribution >= 0.6 is 12.4 Å². The maximum atomic E-state index is 11.3. The van der Waals surface area contributed by atoms with Gasteiger partial charge in [-0.3, -0.25) is 4.79 Å². The van der Waals surface area contributed by atoms with Gasteiger partial charge in [0.1, 0.15) is 0 Å². The lowest BCUT2D eigenvalue weighted by Gasteiger charge is -2.06. The predicted molar refractivity (Wildman–Crippen MR) is 70.2 cm³/mol. The fourth-order valence-electron chi connectivity index (χ4n) is 1.26. The van der Waals surface area contributed by atoms with Crippen molar-refractivity contribution in [2.75, 3.05) is 31.1 Å². The third-order valence-corrected chi connectivity index (χ3v) is 4.30. The molecule has 0 aromatic rings. The third-order valence-electron chi connectivity index (χ3n) is 2.59. The van der Waals surface area contributed by atoms with Crippen LogP contribution in [0.2, 0.25) is 0 Å². The van der Waals surface area contributed by atoms with Crippen LogP contribution in [-0.4, -0.2) is 45.5 Å². The first kappa shape index (κ1) is 16.7. The minimum absolute atomic E-state index is 0. The lowest BCUT2D eigenvalue weighted by atomic mass is 10.4. The molecule has 7 heteroatoms. The minimum atomic E-state index is -2.97. The standard InChI is InChI=1S/C10H20N2O3S.ClH/c1-2-16(14,15)6-5-12-10(13)8-11-7-9-3-4-9;/h9,11H,2-8H2,1H3,(H,12,13);1H. The van der Waals surface area contributed by atoms with Crippen LogP contribution in [-0.2, 0) is 14.6 Å². The average Bonchev–Trinajstić information content (AvgIpc) is 3.01. The smallest absolute Gasteiger partial charge is 0.233 e. The highest BCUT2D eigenvalue weighted by molar-refractivity contribution is 7.91. The molecule has 1 fully saturated rings. The van der Waals surface area contributed by atoms with Crippen molar-refractivity contribution in [2.24, 2.45) is 5.92 Å². The number of hydrogen-bond donors (Lipinski definition) is 2. The van der Waals surface area contributed by atoms with Crippen molar-refractivity contribution in [1.82, 2.24) is 10.6 Å². The fourth-order valence-corrected chi connectivity index (χ4v) is 1.97. The van der Waals surface area contributed by atoms with Crippen LogP contribution in [0, 0.1) is 5.92 Å². The van der Waals surface area contributed by atoms with E-state index in [9.17, 15) is 13.2 Å². The lowest BCUT2D eigenvalue weighted by Crippen LogP contribution is -2.37. The Morgan fingerprint density at radius 2 is 2.00 bits per heavy atom. The zero-order valence-electron chi connectivity index (χ0n) is 10.1. The molecule has 1 rings (SSSR count). The monoisotopic (exact) mass is 284 g/mol. The first-order valence-corrected chi connectivity index (χ1v) is 7.53. The van der Waals surface area contributed by atoms with Crippen LogP contribution in [0.5, 0.6) is 0 Å². The molecule has 17 heavy (non-hydrogen) atoms. The quantitative estimate of drug-likeness (QED) is 0.656. The van der Waals surface area contributed by atoms with Gasteiger partial charge in [0.2, 0.25) is 5.91 Å². The zero-order valence-corrected chi connectivity index (χ0v) is 11.7. The largest absolute Gasteiger partial charge is 0.354 e. The van der Waals surface area contributed by atoms with Crippen molar-refractivity contribution in [3.8, 4) is 0 Å². The number of rotatable bonds is 8. The summed E-state index contributed by atoms with van der Waals surface area (Å²) in [6.07, 6.45) is 2.51. The summed E-state index contributed by atoms with van der Waals surface area (Å²) in [6, 6.07) is 0. The molecule has 0 aliphatic heterocycles. The molecule has 102 valence electrons. The molecule has 1 amide bonds. The van der Waals surface area contributed by atoms with Crippen molar-refractivity contribution in [2.45, 2.75) is 19.8 Å². The van der Waals surface area contributed by atoms with Gasteiger partial charge in [-0.15, -0.1) is 12.4 Å². The van der Waals surface area contributed by atoms with Gasteiger partial charge in [0.05, 0.1) is 12.3 Å². The summed E-state index contributed by atoms with van der Waals surface area (Å²) >= 11 is 0. The molecule has 0 bridgehead atoms. The summed E-state index contributed by atoms with van der Waals surface area (Å²) in [6.45, 7) is 2.98. The number of halogens is 1. The Morgan fingerprint density at radius 1 is 1.35 bits per heavy atom. The van der Waals surface area contributed by atoms with Gasteiger partial charge in [-0.05, 0) is 25.3 Å². The Labute approximate surface area is 109 Å². The minimum Gasteiger partial charge on any atom is -0.354 e. The summed E-state index contributed by atoms with van der Waals surface area (Å²) in [5.74, 6) is 0.765. The molecular formula is C10H21ClN2O3S. The Hall–Kier alpha value is -0.330. The van der Waals surface area contributed by atoms with E-state index in [0.29, 0.717) is 0 Å². The van der Waals surface area contributed by atoms with E-state index in [1.165, 1.54) is 12.8 Å². The number of hydrogen-bond acceptors (Lipinski definition) is 4. The highest BCUT2D eigenvalue weighted by atomic mass is 35.5. The van der Waals surface area contributed by atoms with E-state index >= 15 is 0 Å². The van der Waals surface area contributed by atoms with Crippen LogP contribution in [0.1, 0.15) is 19.8 Å². The number of amides is 1. The molecule has 0 heterocycles. The van der Waals surface area contributed by atoms with Crippen molar-refractivity contribution < 1.29 is 13.2 Å². The molecule has 0 spiro atoms. The topological polar surface area (TPSA) is 75.3 Å². The molecule has 1 saturated carbocycles. The molecule has 0 saturated heterocycles. The SMILES string of the molecule is CCS(=O)(=O)CCNC(=O)CNCC1CC1.Cl. The lowest BCUT2D eigenvalue weighted by molar-refractivity contribution is -0.120. The van der Waals surface area contributed by atoms with E-state index < -0.39 is 9.84 Å². The molecule has 2 N–H and O–H groups in total. The van der Waals surface area contributed by atoms with Gasteiger partial charge in [-0.25, -0.2) is 8.42 Å². The van der Waals surface area contributed by atoms with Crippen molar-refractivity contribution >= 4 is 28.2 Å². The first-order chi connectivity index (χ1) is 7.53. The summed E-state index contributed by atoms with van der Waals surface area (Å²) in [5.41, 5.74) is 0. The maximum Gasteiger partial charge on any atom is 0.233 e. The molecule has 0 aromatic carbocycles. The summed E-state index contributed by atoms with van der Waals surface area (Å²) in [5, 5.41) is 5.63. The van der Waals surface area contributed by atoms with Crippen LogP contribution in [0.25, 0.3) is 0 Å². The number of carbonyl (C=O) groups excluding carboxylic acids is 1. The van der Waals surface area contributed by atoms with E-state index in [4.69, 9.17) is 0 Å². The second kappa shape index (κ2) is 7.89. The highest BCUT2D eigenvalue weighted by Crippen LogP contribution is 2.27. The summed E-state index contributed by atoms with van der Waals surface area (Å²) in [4.78, 5) is 11.3. The van der Waals surface area contributed by atoms with Gasteiger partial charge < -0.3 is 10.6 Å². The molecule has 0 unspecified atom stereocenters. The molecule has 0 aromatic heterocycles. The van der Waals surface area contributed by atoms with Crippen molar-refractivity contribution in [1.29, 1.82) is 0 Å². The number of sulfone groups is 1. The van der Waals surface area contributed by atoms with Gasteiger partial charge >= 0.3 is 0 Å².